The third kappa shape index (κ3) is 4.34. The quantitative estimate of drug-likeness (QED) is 0.826. The molecule has 128 valence electrons. The van der Waals surface area contributed by atoms with E-state index < -0.39 is 15.9 Å². The van der Waals surface area contributed by atoms with E-state index in [1.165, 1.54) is 13.1 Å². The highest BCUT2D eigenvalue weighted by Gasteiger charge is 2.26. The minimum atomic E-state index is -3.83. The van der Waals surface area contributed by atoms with E-state index in [2.05, 4.69) is 5.32 Å². The number of nitrogens with one attached hydrogen (secondary N) is 1. The number of sulfonamides is 1. The standard InChI is InChI=1S/C15H15ClN2O4S2/c1-18(24(21,22)14-3-2-10-23-14)13(19)8-9-17-15(20)11-4-6-12(16)7-5-11/h2-7,10H,8-9H2,1H3,(H,17,20). The highest BCUT2D eigenvalue weighted by molar-refractivity contribution is 7.91. The monoisotopic (exact) mass is 386 g/mol. The maximum atomic E-state index is 12.2. The van der Waals surface area contributed by atoms with Crippen LogP contribution >= 0.6 is 22.9 Å². The molecule has 1 aromatic carbocycles. The van der Waals surface area contributed by atoms with Crippen LogP contribution in [0.5, 0.6) is 0 Å². The molecule has 1 aromatic heterocycles. The van der Waals surface area contributed by atoms with E-state index in [0.29, 0.717) is 14.9 Å². The van der Waals surface area contributed by atoms with Gasteiger partial charge in [-0.15, -0.1) is 11.3 Å². The summed E-state index contributed by atoms with van der Waals surface area (Å²) in [5.74, 6) is -0.956. The molecule has 6 nitrogen and oxygen atoms in total. The Balaban J connectivity index is 1.89. The molecular formula is C15H15ClN2O4S2. The zero-order valence-electron chi connectivity index (χ0n) is 12.7. The number of thiophene rings is 1. The highest BCUT2D eigenvalue weighted by atomic mass is 35.5. The van der Waals surface area contributed by atoms with Gasteiger partial charge in [-0.25, -0.2) is 12.7 Å². The van der Waals surface area contributed by atoms with Gasteiger partial charge in [0.05, 0.1) is 0 Å². The van der Waals surface area contributed by atoms with Crippen molar-refractivity contribution in [3.05, 3.63) is 52.4 Å². The lowest BCUT2D eigenvalue weighted by molar-refractivity contribution is -0.125. The minimum absolute atomic E-state index is 0.0323. The van der Waals surface area contributed by atoms with E-state index >= 15 is 0 Å². The first-order valence-corrected chi connectivity index (χ1v) is 9.61. The van der Waals surface area contributed by atoms with E-state index in [-0.39, 0.29) is 23.1 Å². The van der Waals surface area contributed by atoms with Crippen molar-refractivity contribution in [2.75, 3.05) is 13.6 Å². The third-order valence-electron chi connectivity index (χ3n) is 3.19. The Morgan fingerprint density at radius 1 is 1.21 bits per heavy atom. The zero-order valence-corrected chi connectivity index (χ0v) is 15.1. The molecule has 0 aliphatic heterocycles. The van der Waals surface area contributed by atoms with E-state index in [1.54, 1.807) is 35.7 Å². The lowest BCUT2D eigenvalue weighted by Crippen LogP contribution is -2.35. The molecule has 0 saturated carbocycles. The van der Waals surface area contributed by atoms with E-state index in [0.717, 1.165) is 11.3 Å². The Labute approximate surface area is 149 Å². The maximum absolute atomic E-state index is 12.2. The first kappa shape index (κ1) is 18.4. The number of hydrogen-bond donors (Lipinski definition) is 1. The number of halogens is 1. The van der Waals surface area contributed by atoms with E-state index in [1.807, 2.05) is 0 Å². The number of benzene rings is 1. The number of amides is 2. The zero-order chi connectivity index (χ0) is 17.7. The molecule has 0 spiro atoms. The van der Waals surface area contributed by atoms with Crippen LogP contribution in [0, 0.1) is 0 Å². The molecule has 0 aliphatic carbocycles. The van der Waals surface area contributed by atoms with Gasteiger partial charge in [0.25, 0.3) is 15.9 Å². The fraction of sp³-hybridized carbons (Fsp3) is 0.200. The van der Waals surface area contributed by atoms with E-state index in [9.17, 15) is 18.0 Å². The number of hydrogen-bond acceptors (Lipinski definition) is 5. The van der Waals surface area contributed by atoms with Gasteiger partial charge in [0.15, 0.2) is 0 Å². The number of nitrogens with zero attached hydrogens (tertiary/aromatic N) is 1. The molecular weight excluding hydrogens is 372 g/mol. The second-order valence-electron chi connectivity index (χ2n) is 4.81. The largest absolute Gasteiger partial charge is 0.352 e. The molecule has 0 saturated heterocycles. The normalized spacial score (nSPS) is 11.1. The van der Waals surface area contributed by atoms with Gasteiger partial charge in [0.1, 0.15) is 4.21 Å². The Bertz CT molecular complexity index is 818. The van der Waals surface area contributed by atoms with Crippen molar-refractivity contribution in [1.82, 2.24) is 9.62 Å². The predicted octanol–water partition coefficient (Wildman–Crippen LogP) is 2.37. The average Bonchev–Trinajstić information content (AvgIpc) is 3.09. The highest BCUT2D eigenvalue weighted by Crippen LogP contribution is 2.20. The first-order valence-electron chi connectivity index (χ1n) is 6.91. The maximum Gasteiger partial charge on any atom is 0.275 e. The summed E-state index contributed by atoms with van der Waals surface area (Å²) in [6.45, 7) is 0.0323. The van der Waals surface area contributed by atoms with Crippen LogP contribution in [0.4, 0.5) is 0 Å². The third-order valence-corrected chi connectivity index (χ3v) is 6.60. The first-order chi connectivity index (χ1) is 11.3. The molecule has 2 amide bonds. The topological polar surface area (TPSA) is 83.6 Å². The second kappa shape index (κ2) is 7.78. The van der Waals surface area contributed by atoms with Crippen molar-refractivity contribution in [2.45, 2.75) is 10.6 Å². The summed E-state index contributed by atoms with van der Waals surface area (Å²) in [4.78, 5) is 23.9. The molecule has 1 heterocycles. The van der Waals surface area contributed by atoms with Crippen LogP contribution in [0.1, 0.15) is 16.8 Å². The van der Waals surface area contributed by atoms with Crippen LogP contribution in [0.2, 0.25) is 5.02 Å². The second-order valence-corrected chi connectivity index (χ2v) is 8.39. The Morgan fingerprint density at radius 3 is 2.46 bits per heavy atom. The summed E-state index contributed by atoms with van der Waals surface area (Å²) in [6, 6.07) is 9.33. The van der Waals surface area contributed by atoms with Crippen LogP contribution < -0.4 is 5.32 Å². The summed E-state index contributed by atoms with van der Waals surface area (Å²) in [5, 5.41) is 4.71. The summed E-state index contributed by atoms with van der Waals surface area (Å²) in [6.07, 6.45) is -0.125. The van der Waals surface area contributed by atoms with Gasteiger partial charge in [0.2, 0.25) is 5.91 Å². The fourth-order valence-corrected chi connectivity index (χ4v) is 4.27. The molecule has 0 atom stereocenters. The van der Waals surface area contributed by atoms with Crippen LogP contribution in [-0.4, -0.2) is 38.1 Å². The molecule has 24 heavy (non-hydrogen) atoms. The Morgan fingerprint density at radius 2 is 1.88 bits per heavy atom. The fourth-order valence-electron chi connectivity index (χ4n) is 1.82. The molecule has 1 N–H and O–H groups in total. The number of carbonyl (C=O) groups excluding carboxylic acids is 2. The Kier molecular flexibility index (Phi) is 5.98. The lowest BCUT2D eigenvalue weighted by Gasteiger charge is -2.16. The molecule has 0 aliphatic rings. The number of rotatable bonds is 6. The van der Waals surface area contributed by atoms with Crippen LogP contribution in [0.3, 0.4) is 0 Å². The van der Waals surface area contributed by atoms with Gasteiger partial charge in [0, 0.05) is 30.6 Å². The van der Waals surface area contributed by atoms with Gasteiger partial charge in [-0.2, -0.15) is 0 Å². The van der Waals surface area contributed by atoms with Gasteiger partial charge in [-0.3, -0.25) is 9.59 Å². The molecule has 0 bridgehead atoms. The molecule has 2 rings (SSSR count). The van der Waals surface area contributed by atoms with Crippen molar-refractivity contribution < 1.29 is 18.0 Å². The molecule has 2 aromatic rings. The van der Waals surface area contributed by atoms with Gasteiger partial charge in [-0.05, 0) is 35.7 Å². The van der Waals surface area contributed by atoms with Crippen molar-refractivity contribution in [3.8, 4) is 0 Å². The summed E-state index contributed by atoms with van der Waals surface area (Å²) < 4.78 is 25.2. The van der Waals surface area contributed by atoms with Gasteiger partial charge < -0.3 is 5.32 Å². The SMILES string of the molecule is CN(C(=O)CCNC(=O)c1ccc(Cl)cc1)S(=O)(=O)c1cccs1. The molecule has 0 fully saturated rings. The smallest absolute Gasteiger partial charge is 0.275 e. The lowest BCUT2D eigenvalue weighted by atomic mass is 10.2. The van der Waals surface area contributed by atoms with Crippen molar-refractivity contribution in [3.63, 3.8) is 0 Å². The minimum Gasteiger partial charge on any atom is -0.352 e. The molecule has 0 unspecified atom stereocenters. The Hall–Kier alpha value is -1.90. The van der Waals surface area contributed by atoms with Crippen LogP contribution in [-0.2, 0) is 14.8 Å². The average molecular weight is 387 g/mol. The predicted molar refractivity (Wildman–Crippen MR) is 92.7 cm³/mol. The van der Waals surface area contributed by atoms with E-state index in [4.69, 9.17) is 11.6 Å². The van der Waals surface area contributed by atoms with Gasteiger partial charge >= 0.3 is 0 Å². The van der Waals surface area contributed by atoms with Gasteiger partial charge in [-0.1, -0.05) is 17.7 Å². The number of carbonyl (C=O) groups is 2. The molecule has 9 heteroatoms. The molecule has 0 radical (unpaired) electrons. The van der Waals surface area contributed by atoms with Crippen molar-refractivity contribution >= 4 is 44.8 Å². The van der Waals surface area contributed by atoms with Crippen molar-refractivity contribution in [1.29, 1.82) is 0 Å². The van der Waals surface area contributed by atoms with Crippen molar-refractivity contribution in [2.24, 2.45) is 0 Å². The summed E-state index contributed by atoms with van der Waals surface area (Å²) in [7, 11) is -2.62. The van der Waals surface area contributed by atoms with Crippen LogP contribution in [0.15, 0.2) is 46.0 Å². The summed E-state index contributed by atoms with van der Waals surface area (Å²) >= 11 is 6.78. The summed E-state index contributed by atoms with van der Waals surface area (Å²) in [5.41, 5.74) is 0.409. The van der Waals surface area contributed by atoms with Crippen LogP contribution in [0.25, 0.3) is 0 Å².